The number of benzene rings is 2. The van der Waals surface area contributed by atoms with E-state index in [1.165, 1.54) is 5.56 Å². The van der Waals surface area contributed by atoms with E-state index in [-0.39, 0.29) is 0 Å². The van der Waals surface area contributed by atoms with Crippen LogP contribution in [0.15, 0.2) is 60.7 Å². The number of anilines is 2. The summed E-state index contributed by atoms with van der Waals surface area (Å²) in [6.45, 7) is 0.668. The van der Waals surface area contributed by atoms with Gasteiger partial charge in [-0.25, -0.2) is 4.68 Å². The average Bonchev–Trinajstić information content (AvgIpc) is 2.82. The molecule has 0 saturated carbocycles. The molecule has 0 fully saturated rings. The van der Waals surface area contributed by atoms with Gasteiger partial charge in [0.15, 0.2) is 0 Å². The van der Waals surface area contributed by atoms with Crippen LogP contribution in [0.1, 0.15) is 5.56 Å². The Hall–Kier alpha value is -2.75. The van der Waals surface area contributed by atoms with Crippen molar-refractivity contribution >= 4 is 11.5 Å². The standard InChI is InChI=1S/C16H16N4/c17-14-8-6-13(7-9-14)15-10-16(18)20(19-15)11-12-4-2-1-3-5-12/h1-10H,11,17-18H2. The van der Waals surface area contributed by atoms with Gasteiger partial charge in [0.05, 0.1) is 12.2 Å². The van der Waals surface area contributed by atoms with Crippen LogP contribution < -0.4 is 11.5 Å². The number of nitrogens with two attached hydrogens (primary N) is 2. The fourth-order valence-electron chi connectivity index (χ4n) is 2.11. The van der Waals surface area contributed by atoms with E-state index in [4.69, 9.17) is 11.5 Å². The van der Waals surface area contributed by atoms with Crippen molar-refractivity contribution in [2.24, 2.45) is 0 Å². The zero-order chi connectivity index (χ0) is 13.9. The van der Waals surface area contributed by atoms with E-state index in [9.17, 15) is 0 Å². The van der Waals surface area contributed by atoms with Crippen molar-refractivity contribution in [2.75, 3.05) is 11.5 Å². The molecule has 100 valence electrons. The first-order valence-corrected chi connectivity index (χ1v) is 6.45. The lowest BCUT2D eigenvalue weighted by Gasteiger charge is -2.03. The second kappa shape index (κ2) is 5.09. The lowest BCUT2D eigenvalue weighted by atomic mass is 10.1. The largest absolute Gasteiger partial charge is 0.399 e. The molecule has 20 heavy (non-hydrogen) atoms. The highest BCUT2D eigenvalue weighted by Gasteiger charge is 2.07. The zero-order valence-electron chi connectivity index (χ0n) is 11.0. The highest BCUT2D eigenvalue weighted by molar-refractivity contribution is 5.64. The third-order valence-corrected chi connectivity index (χ3v) is 3.19. The summed E-state index contributed by atoms with van der Waals surface area (Å²) in [5, 5.41) is 4.56. The van der Waals surface area contributed by atoms with Gasteiger partial charge in [-0.1, -0.05) is 42.5 Å². The minimum atomic E-state index is 0.653. The van der Waals surface area contributed by atoms with Gasteiger partial charge in [-0.2, -0.15) is 5.10 Å². The van der Waals surface area contributed by atoms with Crippen LogP contribution in [0.5, 0.6) is 0 Å². The van der Waals surface area contributed by atoms with Crippen molar-refractivity contribution in [1.82, 2.24) is 9.78 Å². The molecule has 0 atom stereocenters. The van der Waals surface area contributed by atoms with Crippen LogP contribution in [0.4, 0.5) is 11.5 Å². The molecule has 0 amide bonds. The Bertz CT molecular complexity index is 699. The third-order valence-electron chi connectivity index (χ3n) is 3.19. The Morgan fingerprint density at radius 1 is 0.900 bits per heavy atom. The lowest BCUT2D eigenvalue weighted by molar-refractivity contribution is 0.700. The predicted octanol–water partition coefficient (Wildman–Crippen LogP) is 2.76. The van der Waals surface area contributed by atoms with Crippen molar-refractivity contribution in [1.29, 1.82) is 0 Å². The third kappa shape index (κ3) is 2.49. The van der Waals surface area contributed by atoms with E-state index in [2.05, 4.69) is 17.2 Å². The van der Waals surface area contributed by atoms with Gasteiger partial charge < -0.3 is 11.5 Å². The van der Waals surface area contributed by atoms with Gasteiger partial charge in [-0.05, 0) is 17.7 Å². The molecule has 0 unspecified atom stereocenters. The van der Waals surface area contributed by atoms with Gasteiger partial charge in [0.1, 0.15) is 5.82 Å². The monoisotopic (exact) mass is 264 g/mol. The number of nitrogens with zero attached hydrogens (tertiary/aromatic N) is 2. The molecule has 2 aromatic carbocycles. The van der Waals surface area contributed by atoms with Crippen LogP contribution >= 0.6 is 0 Å². The Balaban J connectivity index is 1.89. The molecular weight excluding hydrogens is 248 g/mol. The van der Waals surface area contributed by atoms with Crippen LogP contribution in [-0.2, 0) is 6.54 Å². The normalized spacial score (nSPS) is 10.6. The molecule has 0 bridgehead atoms. The summed E-state index contributed by atoms with van der Waals surface area (Å²) in [6, 6.07) is 19.6. The first kappa shape index (κ1) is 12.3. The van der Waals surface area contributed by atoms with Gasteiger partial charge in [-0.3, -0.25) is 0 Å². The minimum absolute atomic E-state index is 0.653. The van der Waals surface area contributed by atoms with Crippen LogP contribution in [-0.4, -0.2) is 9.78 Å². The Kier molecular flexibility index (Phi) is 3.13. The molecule has 0 aliphatic heterocycles. The molecule has 3 aromatic rings. The molecule has 0 spiro atoms. The highest BCUT2D eigenvalue weighted by atomic mass is 15.3. The Morgan fingerprint density at radius 2 is 1.60 bits per heavy atom. The van der Waals surface area contributed by atoms with E-state index in [1.54, 1.807) is 4.68 Å². The van der Waals surface area contributed by atoms with E-state index < -0.39 is 0 Å². The highest BCUT2D eigenvalue weighted by Crippen LogP contribution is 2.22. The smallest absolute Gasteiger partial charge is 0.122 e. The average molecular weight is 264 g/mol. The van der Waals surface area contributed by atoms with Gasteiger partial charge in [-0.15, -0.1) is 0 Å². The van der Waals surface area contributed by atoms with Crippen molar-refractivity contribution in [2.45, 2.75) is 6.54 Å². The maximum Gasteiger partial charge on any atom is 0.122 e. The summed E-state index contributed by atoms with van der Waals surface area (Å²) in [5.41, 5.74) is 15.5. The van der Waals surface area contributed by atoms with Gasteiger partial charge in [0.2, 0.25) is 0 Å². The number of hydrogen-bond acceptors (Lipinski definition) is 3. The summed E-state index contributed by atoms with van der Waals surface area (Å²) < 4.78 is 1.81. The molecule has 0 aliphatic carbocycles. The van der Waals surface area contributed by atoms with E-state index in [1.807, 2.05) is 48.5 Å². The van der Waals surface area contributed by atoms with E-state index >= 15 is 0 Å². The minimum Gasteiger partial charge on any atom is -0.399 e. The fourth-order valence-corrected chi connectivity index (χ4v) is 2.11. The van der Waals surface area contributed by atoms with E-state index in [0.717, 1.165) is 16.9 Å². The van der Waals surface area contributed by atoms with Crippen LogP contribution in [0, 0.1) is 0 Å². The van der Waals surface area contributed by atoms with Gasteiger partial charge in [0.25, 0.3) is 0 Å². The summed E-state index contributed by atoms with van der Waals surface area (Å²) >= 11 is 0. The Labute approximate surface area is 117 Å². The van der Waals surface area contributed by atoms with Crippen molar-refractivity contribution in [3.8, 4) is 11.3 Å². The molecular formula is C16H16N4. The molecule has 0 saturated heterocycles. The topological polar surface area (TPSA) is 69.9 Å². The predicted molar refractivity (Wildman–Crippen MR) is 82.0 cm³/mol. The number of aromatic nitrogens is 2. The first-order valence-electron chi connectivity index (χ1n) is 6.45. The van der Waals surface area contributed by atoms with Gasteiger partial charge in [0, 0.05) is 17.3 Å². The molecule has 4 heteroatoms. The van der Waals surface area contributed by atoms with Crippen LogP contribution in [0.3, 0.4) is 0 Å². The van der Waals surface area contributed by atoms with Gasteiger partial charge >= 0.3 is 0 Å². The van der Waals surface area contributed by atoms with E-state index in [0.29, 0.717) is 12.4 Å². The summed E-state index contributed by atoms with van der Waals surface area (Å²) in [5.74, 6) is 0.653. The summed E-state index contributed by atoms with van der Waals surface area (Å²) in [6.07, 6.45) is 0. The number of hydrogen-bond donors (Lipinski definition) is 2. The Morgan fingerprint density at radius 3 is 2.30 bits per heavy atom. The molecule has 1 aromatic heterocycles. The second-order valence-electron chi connectivity index (χ2n) is 4.72. The molecule has 0 radical (unpaired) electrons. The van der Waals surface area contributed by atoms with Crippen LogP contribution in [0.25, 0.3) is 11.3 Å². The van der Waals surface area contributed by atoms with Crippen LogP contribution in [0.2, 0.25) is 0 Å². The van der Waals surface area contributed by atoms with Crippen molar-refractivity contribution < 1.29 is 0 Å². The SMILES string of the molecule is Nc1ccc(-c2cc(N)n(Cc3ccccc3)n2)cc1. The summed E-state index contributed by atoms with van der Waals surface area (Å²) in [4.78, 5) is 0. The van der Waals surface area contributed by atoms with Crippen molar-refractivity contribution in [3.63, 3.8) is 0 Å². The fraction of sp³-hybridized carbons (Fsp3) is 0.0625. The second-order valence-corrected chi connectivity index (χ2v) is 4.72. The zero-order valence-corrected chi connectivity index (χ0v) is 11.0. The quantitative estimate of drug-likeness (QED) is 0.715. The molecule has 4 N–H and O–H groups in total. The first-order chi connectivity index (χ1) is 9.72. The maximum atomic E-state index is 6.03. The summed E-state index contributed by atoms with van der Waals surface area (Å²) in [7, 11) is 0. The number of rotatable bonds is 3. The maximum absolute atomic E-state index is 6.03. The molecule has 4 nitrogen and oxygen atoms in total. The molecule has 0 aliphatic rings. The molecule has 3 rings (SSSR count). The lowest BCUT2D eigenvalue weighted by Crippen LogP contribution is -2.05. The number of nitrogen functional groups attached to an aromatic ring is 2. The molecule has 1 heterocycles. The van der Waals surface area contributed by atoms with Crippen molar-refractivity contribution in [3.05, 3.63) is 66.2 Å².